The lowest BCUT2D eigenvalue weighted by Crippen LogP contribution is -2.62. The smallest absolute Gasteiger partial charge is 0.228 e. The molecule has 2 N–H and O–H groups in total. The topological polar surface area (TPSA) is 97.3 Å². The van der Waals surface area contributed by atoms with Gasteiger partial charge >= 0.3 is 0 Å². The van der Waals surface area contributed by atoms with E-state index in [1.807, 2.05) is 54.6 Å². The number of hydrogen-bond donors (Lipinski definition) is 2. The molecule has 198 valence electrons. The fourth-order valence-corrected chi connectivity index (χ4v) is 6.38. The number of methoxy groups -OCH3 is 2. The molecular weight excluding hydrogens is 484 g/mol. The van der Waals surface area contributed by atoms with Crippen LogP contribution in [0.5, 0.6) is 17.2 Å². The molecule has 0 bridgehead atoms. The minimum atomic E-state index is -1.49. The van der Waals surface area contributed by atoms with Crippen LogP contribution in [0, 0.1) is 5.92 Å². The van der Waals surface area contributed by atoms with E-state index in [0.717, 1.165) is 5.56 Å². The molecule has 3 aromatic carbocycles. The monoisotopic (exact) mass is 516 g/mol. The summed E-state index contributed by atoms with van der Waals surface area (Å²) in [4.78, 5) is 28.2. The predicted molar refractivity (Wildman–Crippen MR) is 141 cm³/mol. The van der Waals surface area contributed by atoms with Crippen LogP contribution in [0.2, 0.25) is 0 Å². The van der Waals surface area contributed by atoms with Gasteiger partial charge in [-0.05, 0) is 35.4 Å². The van der Waals surface area contributed by atoms with E-state index < -0.39 is 29.1 Å². The SMILES string of the molecule is COc1ccc(C23Oc4cc(OC)ccc4C2(NC(C)=O)C(O)C(C(=O)N(C)C)C3c2ccccc2)cc1. The third kappa shape index (κ3) is 3.47. The van der Waals surface area contributed by atoms with Crippen LogP contribution in [0.1, 0.15) is 29.5 Å². The molecule has 0 aromatic heterocycles. The molecule has 2 aliphatic rings. The van der Waals surface area contributed by atoms with Gasteiger partial charge in [0.2, 0.25) is 11.8 Å². The number of amides is 2. The molecule has 5 atom stereocenters. The highest BCUT2D eigenvalue weighted by Gasteiger charge is 2.78. The van der Waals surface area contributed by atoms with E-state index in [4.69, 9.17) is 14.2 Å². The number of nitrogens with zero attached hydrogens (tertiary/aromatic N) is 1. The number of aliphatic hydroxyl groups is 1. The zero-order chi connectivity index (χ0) is 27.2. The summed E-state index contributed by atoms with van der Waals surface area (Å²) in [5.41, 5.74) is -0.826. The van der Waals surface area contributed by atoms with Gasteiger partial charge in [-0.1, -0.05) is 42.5 Å². The largest absolute Gasteiger partial charge is 0.497 e. The Morgan fingerprint density at radius 2 is 1.58 bits per heavy atom. The van der Waals surface area contributed by atoms with Gasteiger partial charge in [-0.2, -0.15) is 0 Å². The van der Waals surface area contributed by atoms with Gasteiger partial charge < -0.3 is 29.5 Å². The number of benzene rings is 3. The van der Waals surface area contributed by atoms with Crippen molar-refractivity contribution < 1.29 is 28.9 Å². The van der Waals surface area contributed by atoms with Gasteiger partial charge in [0.15, 0.2) is 5.60 Å². The summed E-state index contributed by atoms with van der Waals surface area (Å²) in [7, 11) is 6.47. The van der Waals surface area contributed by atoms with Crippen molar-refractivity contribution in [2.45, 2.75) is 30.1 Å². The molecule has 3 aromatic rings. The van der Waals surface area contributed by atoms with Crippen LogP contribution in [0.15, 0.2) is 72.8 Å². The Bertz CT molecular complexity index is 1360. The van der Waals surface area contributed by atoms with E-state index in [1.54, 1.807) is 46.5 Å². The summed E-state index contributed by atoms with van der Waals surface area (Å²) < 4.78 is 17.8. The zero-order valence-corrected chi connectivity index (χ0v) is 22.1. The van der Waals surface area contributed by atoms with Crippen molar-refractivity contribution in [2.75, 3.05) is 28.3 Å². The van der Waals surface area contributed by atoms with Gasteiger partial charge in [0, 0.05) is 38.6 Å². The average molecular weight is 517 g/mol. The Morgan fingerprint density at radius 3 is 2.16 bits per heavy atom. The highest BCUT2D eigenvalue weighted by Crippen LogP contribution is 2.68. The maximum Gasteiger partial charge on any atom is 0.228 e. The molecule has 1 aliphatic carbocycles. The predicted octanol–water partition coefficient (Wildman–Crippen LogP) is 3.19. The summed E-state index contributed by atoms with van der Waals surface area (Å²) >= 11 is 0. The van der Waals surface area contributed by atoms with Gasteiger partial charge in [-0.3, -0.25) is 9.59 Å². The molecule has 8 heteroatoms. The molecule has 2 amide bonds. The molecule has 0 radical (unpaired) electrons. The first-order valence-electron chi connectivity index (χ1n) is 12.5. The van der Waals surface area contributed by atoms with E-state index in [9.17, 15) is 14.7 Å². The first-order valence-corrected chi connectivity index (χ1v) is 12.5. The lowest BCUT2D eigenvalue weighted by molar-refractivity contribution is -0.138. The Hall–Kier alpha value is -4.04. The summed E-state index contributed by atoms with van der Waals surface area (Å²) in [5, 5.41) is 15.4. The van der Waals surface area contributed by atoms with Crippen molar-refractivity contribution in [2.24, 2.45) is 5.92 Å². The standard InChI is InChI=1S/C30H32N2O6/c1-18(33)31-29-23-16-15-22(37-5)17-24(23)38-30(29,20-11-13-21(36-4)14-12-20)26(19-9-7-6-8-10-19)25(27(29)34)28(35)32(2)3/h6-17,25-27,34H,1-5H3,(H,31,33). The minimum Gasteiger partial charge on any atom is -0.497 e. The van der Waals surface area contributed by atoms with Crippen molar-refractivity contribution in [1.82, 2.24) is 10.2 Å². The van der Waals surface area contributed by atoms with Crippen molar-refractivity contribution in [1.29, 1.82) is 0 Å². The highest BCUT2D eigenvalue weighted by molar-refractivity contribution is 5.84. The van der Waals surface area contributed by atoms with Crippen molar-refractivity contribution in [3.63, 3.8) is 0 Å². The third-order valence-electron chi connectivity index (χ3n) is 7.83. The van der Waals surface area contributed by atoms with Gasteiger partial charge in [0.1, 0.15) is 22.8 Å². The van der Waals surface area contributed by atoms with Crippen molar-refractivity contribution >= 4 is 11.8 Å². The van der Waals surface area contributed by atoms with Crippen LogP contribution in [0.4, 0.5) is 0 Å². The average Bonchev–Trinajstić information content (AvgIpc) is 3.32. The van der Waals surface area contributed by atoms with Crippen LogP contribution in [0.3, 0.4) is 0 Å². The fraction of sp³-hybridized carbons (Fsp3) is 0.333. The second-order valence-corrected chi connectivity index (χ2v) is 10.0. The Balaban J connectivity index is 1.91. The number of aliphatic hydroxyl groups excluding tert-OH is 1. The van der Waals surface area contributed by atoms with Crippen LogP contribution in [-0.2, 0) is 20.7 Å². The second kappa shape index (κ2) is 9.36. The molecule has 8 nitrogen and oxygen atoms in total. The number of ether oxygens (including phenoxy) is 3. The van der Waals surface area contributed by atoms with Gasteiger partial charge in [-0.15, -0.1) is 0 Å². The first-order chi connectivity index (χ1) is 18.2. The summed E-state index contributed by atoms with van der Waals surface area (Å²) in [6.07, 6.45) is -1.33. The van der Waals surface area contributed by atoms with E-state index in [0.29, 0.717) is 28.4 Å². The minimum absolute atomic E-state index is 0.267. The molecule has 0 spiro atoms. The molecule has 38 heavy (non-hydrogen) atoms. The molecule has 5 rings (SSSR count). The quantitative estimate of drug-likeness (QED) is 0.523. The van der Waals surface area contributed by atoms with E-state index in [2.05, 4.69) is 5.32 Å². The van der Waals surface area contributed by atoms with Gasteiger partial charge in [0.05, 0.1) is 26.2 Å². The molecule has 5 unspecified atom stereocenters. The van der Waals surface area contributed by atoms with E-state index >= 15 is 0 Å². The maximum absolute atomic E-state index is 13.8. The number of nitrogens with one attached hydrogen (secondary N) is 1. The number of rotatable bonds is 6. The summed E-state index contributed by atoms with van der Waals surface area (Å²) in [6, 6.07) is 22.2. The first kappa shape index (κ1) is 25.6. The number of hydrogen-bond acceptors (Lipinski definition) is 6. The number of carbonyl (C=O) groups excluding carboxylic acids is 2. The molecule has 1 heterocycles. The summed E-state index contributed by atoms with van der Waals surface area (Å²) in [6.45, 7) is 1.40. The molecule has 1 fully saturated rings. The van der Waals surface area contributed by atoms with E-state index in [-0.39, 0.29) is 11.8 Å². The number of fused-ring (bicyclic) bond motifs is 3. The third-order valence-corrected chi connectivity index (χ3v) is 7.83. The Kier molecular flexibility index (Phi) is 6.31. The van der Waals surface area contributed by atoms with E-state index in [1.165, 1.54) is 11.8 Å². The Labute approximate surface area is 222 Å². The van der Waals surface area contributed by atoms with Crippen LogP contribution in [-0.4, -0.2) is 56.2 Å². The lowest BCUT2D eigenvalue weighted by atomic mass is 9.68. The fourth-order valence-electron chi connectivity index (χ4n) is 6.38. The molecule has 0 saturated heterocycles. The number of carbonyl (C=O) groups is 2. The molecule has 1 saturated carbocycles. The van der Waals surface area contributed by atoms with Crippen molar-refractivity contribution in [3.05, 3.63) is 89.5 Å². The second-order valence-electron chi connectivity index (χ2n) is 10.0. The highest BCUT2D eigenvalue weighted by atomic mass is 16.5. The molecular formula is C30H32N2O6. The normalized spacial score (nSPS) is 27.1. The summed E-state index contributed by atoms with van der Waals surface area (Å²) in [5.74, 6) is -0.564. The van der Waals surface area contributed by atoms with Crippen LogP contribution >= 0.6 is 0 Å². The maximum atomic E-state index is 13.8. The van der Waals surface area contributed by atoms with Gasteiger partial charge in [0.25, 0.3) is 0 Å². The lowest BCUT2D eigenvalue weighted by Gasteiger charge is -2.44. The van der Waals surface area contributed by atoms with Crippen LogP contribution < -0.4 is 19.5 Å². The van der Waals surface area contributed by atoms with Crippen molar-refractivity contribution in [3.8, 4) is 17.2 Å². The Morgan fingerprint density at radius 1 is 0.947 bits per heavy atom. The zero-order valence-electron chi connectivity index (χ0n) is 22.1. The van der Waals surface area contributed by atoms with Crippen LogP contribution in [0.25, 0.3) is 0 Å². The molecule has 1 aliphatic heterocycles. The van der Waals surface area contributed by atoms with Gasteiger partial charge in [-0.25, -0.2) is 0 Å².